The predicted octanol–water partition coefficient (Wildman–Crippen LogP) is -0.222. The van der Waals surface area contributed by atoms with Gasteiger partial charge in [-0.15, -0.1) is 0 Å². The molecule has 0 bridgehead atoms. The molecule has 5 rings (SSSR count). The van der Waals surface area contributed by atoms with Gasteiger partial charge in [0.25, 0.3) is 0 Å². The zero-order valence-electron chi connectivity index (χ0n) is 20.8. The van der Waals surface area contributed by atoms with E-state index < -0.39 is 61.0 Å². The molecule has 9 atom stereocenters. The zero-order valence-corrected chi connectivity index (χ0v) is 20.8. The maximum atomic E-state index is 11.6. The van der Waals surface area contributed by atoms with Gasteiger partial charge in [0.15, 0.2) is 23.0 Å². The number of aliphatic hydroxyl groups is 5. The van der Waals surface area contributed by atoms with E-state index in [9.17, 15) is 30.6 Å². The van der Waals surface area contributed by atoms with Gasteiger partial charge in [0, 0.05) is 5.92 Å². The maximum absolute atomic E-state index is 11.6. The van der Waals surface area contributed by atoms with Gasteiger partial charge in [-0.3, -0.25) is 0 Å². The summed E-state index contributed by atoms with van der Waals surface area (Å²) in [5.41, 5.74) is 0.0111. The fourth-order valence-electron chi connectivity index (χ4n) is 5.37. The fraction of sp³-hybridized carbons (Fsp3) is 0.538. The first kappa shape index (κ1) is 26.9. The van der Waals surface area contributed by atoms with Crippen molar-refractivity contribution in [1.29, 1.82) is 0 Å². The molecule has 38 heavy (non-hydrogen) atoms. The van der Waals surface area contributed by atoms with Crippen molar-refractivity contribution in [1.82, 2.24) is 0 Å². The molecule has 0 radical (unpaired) electrons. The molecule has 208 valence electrons. The Morgan fingerprint density at radius 3 is 2.32 bits per heavy atom. The van der Waals surface area contributed by atoms with E-state index in [2.05, 4.69) is 0 Å². The molecule has 3 heterocycles. The first-order valence-electron chi connectivity index (χ1n) is 12.2. The monoisotopic (exact) mass is 536 g/mol. The third-order valence-electron chi connectivity index (χ3n) is 7.51. The molecule has 3 fully saturated rings. The summed E-state index contributed by atoms with van der Waals surface area (Å²) >= 11 is 0. The highest BCUT2D eigenvalue weighted by molar-refractivity contribution is 5.46. The second kappa shape index (κ2) is 10.5. The summed E-state index contributed by atoms with van der Waals surface area (Å²) in [5.74, 6) is 0.307. The molecule has 0 unspecified atom stereocenters. The van der Waals surface area contributed by atoms with Gasteiger partial charge in [-0.05, 0) is 35.4 Å². The number of phenols is 1. The topological polar surface area (TPSA) is 177 Å². The quantitative estimate of drug-likeness (QED) is 0.275. The number of phenolic OH excluding ortho intramolecular Hbond substituents is 1. The van der Waals surface area contributed by atoms with Crippen LogP contribution in [0.2, 0.25) is 0 Å². The lowest BCUT2D eigenvalue weighted by atomic mass is 9.81. The van der Waals surface area contributed by atoms with Gasteiger partial charge in [0.05, 0.1) is 40.1 Å². The first-order chi connectivity index (χ1) is 18.2. The number of hydrogen-bond donors (Lipinski definition) is 6. The molecule has 0 spiro atoms. The molecule has 3 saturated heterocycles. The number of methoxy groups -OCH3 is 2. The molecule has 12 nitrogen and oxygen atoms in total. The molecule has 6 N–H and O–H groups in total. The normalized spacial score (nSPS) is 36.6. The van der Waals surface area contributed by atoms with E-state index in [1.807, 2.05) is 0 Å². The third-order valence-corrected chi connectivity index (χ3v) is 7.51. The van der Waals surface area contributed by atoms with Gasteiger partial charge in [0.1, 0.15) is 36.1 Å². The highest BCUT2D eigenvalue weighted by Gasteiger charge is 2.59. The van der Waals surface area contributed by atoms with Crippen molar-refractivity contribution in [3.05, 3.63) is 47.5 Å². The molecule has 12 heteroatoms. The van der Waals surface area contributed by atoms with Crippen molar-refractivity contribution < 1.29 is 59.1 Å². The smallest absolute Gasteiger partial charge is 0.229 e. The van der Waals surface area contributed by atoms with Crippen molar-refractivity contribution in [2.75, 3.05) is 34.0 Å². The average molecular weight is 537 g/mol. The second-order valence-corrected chi connectivity index (χ2v) is 9.70. The fourth-order valence-corrected chi connectivity index (χ4v) is 5.37. The van der Waals surface area contributed by atoms with Gasteiger partial charge in [-0.2, -0.15) is 0 Å². The first-order valence-corrected chi connectivity index (χ1v) is 12.2. The summed E-state index contributed by atoms with van der Waals surface area (Å²) in [6, 6.07) is 9.75. The van der Waals surface area contributed by atoms with Crippen molar-refractivity contribution in [3.8, 4) is 23.0 Å². The molecule has 2 aromatic carbocycles. The van der Waals surface area contributed by atoms with E-state index in [-0.39, 0.29) is 36.2 Å². The van der Waals surface area contributed by atoms with E-state index in [0.29, 0.717) is 11.1 Å². The van der Waals surface area contributed by atoms with E-state index in [4.69, 9.17) is 28.4 Å². The van der Waals surface area contributed by atoms with Gasteiger partial charge in [0.2, 0.25) is 6.29 Å². The lowest BCUT2D eigenvalue weighted by Crippen LogP contribution is -2.60. The Hall–Kier alpha value is -2.68. The largest absolute Gasteiger partial charge is 0.504 e. The number of ether oxygens (including phenoxy) is 6. The van der Waals surface area contributed by atoms with E-state index in [1.54, 1.807) is 30.3 Å². The average Bonchev–Trinajstić information content (AvgIpc) is 3.43. The Kier molecular flexibility index (Phi) is 7.42. The van der Waals surface area contributed by atoms with Crippen LogP contribution in [0.25, 0.3) is 0 Å². The van der Waals surface area contributed by atoms with Gasteiger partial charge in [-0.25, -0.2) is 0 Å². The molecule has 0 aliphatic carbocycles. The van der Waals surface area contributed by atoms with Crippen LogP contribution in [-0.4, -0.2) is 101 Å². The minimum Gasteiger partial charge on any atom is -0.504 e. The van der Waals surface area contributed by atoms with E-state index in [0.717, 1.165) is 0 Å². The van der Waals surface area contributed by atoms with Gasteiger partial charge in [-0.1, -0.05) is 12.1 Å². The number of rotatable bonds is 7. The second-order valence-electron chi connectivity index (χ2n) is 9.70. The van der Waals surface area contributed by atoms with Crippen LogP contribution < -0.4 is 14.2 Å². The Labute approximate surface area is 218 Å². The summed E-state index contributed by atoms with van der Waals surface area (Å²) in [6.45, 7) is -0.341. The molecule has 0 aromatic heterocycles. The molecule has 2 aromatic rings. The highest BCUT2D eigenvalue weighted by atomic mass is 16.7. The molecular weight excluding hydrogens is 504 g/mol. The highest BCUT2D eigenvalue weighted by Crippen LogP contribution is 2.54. The summed E-state index contributed by atoms with van der Waals surface area (Å²) in [5, 5.41) is 61.3. The third kappa shape index (κ3) is 4.46. The van der Waals surface area contributed by atoms with Crippen LogP contribution in [0.1, 0.15) is 23.3 Å². The number of fused-ring (bicyclic) bond motifs is 1. The van der Waals surface area contributed by atoms with Gasteiger partial charge < -0.3 is 59.1 Å². The molecular formula is C26H32O12. The number of hydrogen-bond acceptors (Lipinski definition) is 12. The zero-order chi connectivity index (χ0) is 27.2. The van der Waals surface area contributed by atoms with Crippen LogP contribution in [-0.2, 0) is 14.2 Å². The lowest BCUT2D eigenvalue weighted by molar-refractivity contribution is -0.277. The lowest BCUT2D eigenvalue weighted by Gasteiger charge is -2.39. The number of aromatic hydroxyl groups is 1. The van der Waals surface area contributed by atoms with Crippen LogP contribution in [0.3, 0.4) is 0 Å². The molecule has 3 aliphatic rings. The Bertz CT molecular complexity index is 1140. The van der Waals surface area contributed by atoms with Gasteiger partial charge >= 0.3 is 0 Å². The van der Waals surface area contributed by atoms with Crippen LogP contribution in [0.15, 0.2) is 36.4 Å². The van der Waals surface area contributed by atoms with Crippen molar-refractivity contribution in [2.24, 2.45) is 5.92 Å². The van der Waals surface area contributed by atoms with E-state index >= 15 is 0 Å². The summed E-state index contributed by atoms with van der Waals surface area (Å²) in [4.78, 5) is 0. The standard InChI is InChI=1S/C26H32O12/c1-33-17-8-13(3-5-15(17)28)24-26(32)11-36-23(14(26)10-35-24)12-4-6-16(18(7-12)34-2)37-25-22(31)21(30)20(29)19(9-27)38-25/h3-8,14,19-25,27-32H,9-11H2,1-2H3/t14-,19-,20-,21+,22-,23-,24+,25+,26+/m1/s1. The number of benzene rings is 2. The summed E-state index contributed by atoms with van der Waals surface area (Å²) in [7, 11) is 2.87. The Morgan fingerprint density at radius 1 is 0.895 bits per heavy atom. The molecule has 3 aliphatic heterocycles. The predicted molar refractivity (Wildman–Crippen MR) is 128 cm³/mol. The van der Waals surface area contributed by atoms with Crippen LogP contribution in [0.5, 0.6) is 23.0 Å². The minimum absolute atomic E-state index is 0.0155. The summed E-state index contributed by atoms with van der Waals surface area (Å²) < 4.78 is 33.9. The molecule has 0 amide bonds. The van der Waals surface area contributed by atoms with E-state index in [1.165, 1.54) is 20.3 Å². The minimum atomic E-state index is -1.58. The SMILES string of the molecule is COc1cc([C@@H]2OC[C@@H]3[C@@H](c4ccc(O[C@H]5O[C@H](CO)[C@@H](O)[C@H](O)[C@H]5O)c(OC)c4)OC[C@]32O)ccc1O. The Balaban J connectivity index is 1.35. The Morgan fingerprint density at radius 2 is 1.61 bits per heavy atom. The van der Waals surface area contributed by atoms with Crippen molar-refractivity contribution in [3.63, 3.8) is 0 Å². The van der Waals surface area contributed by atoms with Crippen molar-refractivity contribution in [2.45, 2.75) is 48.5 Å². The van der Waals surface area contributed by atoms with Crippen molar-refractivity contribution >= 4 is 0 Å². The summed E-state index contributed by atoms with van der Waals surface area (Å²) in [6.07, 6.45) is -8.36. The molecule has 0 saturated carbocycles. The van der Waals surface area contributed by atoms with Crippen LogP contribution in [0.4, 0.5) is 0 Å². The number of aliphatic hydroxyl groups excluding tert-OH is 4. The van der Waals surface area contributed by atoms with Crippen LogP contribution >= 0.6 is 0 Å². The maximum Gasteiger partial charge on any atom is 0.229 e. The van der Waals surface area contributed by atoms with Crippen LogP contribution in [0, 0.1) is 5.92 Å².